The van der Waals surface area contributed by atoms with Gasteiger partial charge in [-0.1, -0.05) is 11.6 Å². The van der Waals surface area contributed by atoms with E-state index in [4.69, 9.17) is 0 Å². The first-order chi connectivity index (χ1) is 6.68. The Morgan fingerprint density at radius 2 is 2.21 bits per heavy atom. The maximum Gasteiger partial charge on any atom is 0.139 e. The van der Waals surface area contributed by atoms with E-state index in [9.17, 15) is 4.79 Å². The van der Waals surface area contributed by atoms with Gasteiger partial charge < -0.3 is 0 Å². The normalized spacial score (nSPS) is 9.79. The van der Waals surface area contributed by atoms with E-state index >= 15 is 0 Å². The van der Waals surface area contributed by atoms with Gasteiger partial charge in [0, 0.05) is 24.7 Å². The minimum absolute atomic E-state index is 0.228. The maximum absolute atomic E-state index is 11.4. The SMILES string of the molecule is C=C(C)CCC(=O)Cc1ccccn1. The average Bonchev–Trinajstić information content (AvgIpc) is 2.16. The zero-order chi connectivity index (χ0) is 10.4. The molecule has 0 amide bonds. The number of pyridine rings is 1. The quantitative estimate of drug-likeness (QED) is 0.666. The smallest absolute Gasteiger partial charge is 0.139 e. The molecule has 1 aromatic heterocycles. The van der Waals surface area contributed by atoms with Gasteiger partial charge >= 0.3 is 0 Å². The Balaban J connectivity index is 2.38. The van der Waals surface area contributed by atoms with E-state index in [1.54, 1.807) is 6.20 Å². The van der Waals surface area contributed by atoms with Gasteiger partial charge in [-0.05, 0) is 25.5 Å². The summed E-state index contributed by atoms with van der Waals surface area (Å²) in [4.78, 5) is 15.5. The molecule has 1 heterocycles. The summed E-state index contributed by atoms with van der Waals surface area (Å²) in [6.07, 6.45) is 3.51. The highest BCUT2D eigenvalue weighted by Gasteiger charge is 2.03. The van der Waals surface area contributed by atoms with Gasteiger partial charge in [0.25, 0.3) is 0 Å². The lowest BCUT2D eigenvalue weighted by atomic mass is 10.1. The lowest BCUT2D eigenvalue weighted by Crippen LogP contribution is -2.03. The number of ketones is 1. The van der Waals surface area contributed by atoms with Crippen LogP contribution in [-0.4, -0.2) is 10.8 Å². The van der Waals surface area contributed by atoms with Gasteiger partial charge in [0.1, 0.15) is 5.78 Å². The molecule has 0 spiro atoms. The van der Waals surface area contributed by atoms with Crippen molar-refractivity contribution in [1.29, 1.82) is 0 Å². The van der Waals surface area contributed by atoms with Crippen LogP contribution in [-0.2, 0) is 11.2 Å². The molecule has 0 atom stereocenters. The van der Waals surface area contributed by atoms with Gasteiger partial charge in [-0.25, -0.2) is 0 Å². The molecule has 0 N–H and O–H groups in total. The van der Waals surface area contributed by atoms with Crippen molar-refractivity contribution in [3.05, 3.63) is 42.2 Å². The molecule has 2 heteroatoms. The standard InChI is InChI=1S/C12H15NO/c1-10(2)6-7-12(14)9-11-5-3-4-8-13-11/h3-5,8H,1,6-7,9H2,2H3. The lowest BCUT2D eigenvalue weighted by Gasteiger charge is -2.00. The van der Waals surface area contributed by atoms with Crippen molar-refractivity contribution in [2.45, 2.75) is 26.2 Å². The first-order valence-electron chi connectivity index (χ1n) is 4.74. The van der Waals surface area contributed by atoms with Gasteiger partial charge in [-0.15, -0.1) is 6.58 Å². The Kier molecular flexibility index (Phi) is 4.05. The second-order valence-electron chi connectivity index (χ2n) is 3.49. The summed E-state index contributed by atoms with van der Waals surface area (Å²) in [5.41, 5.74) is 1.90. The molecule has 74 valence electrons. The molecule has 0 unspecified atom stereocenters. The third-order valence-electron chi connectivity index (χ3n) is 1.94. The van der Waals surface area contributed by atoms with Crippen molar-refractivity contribution < 1.29 is 4.79 Å². The first kappa shape index (κ1) is 10.6. The van der Waals surface area contributed by atoms with Crippen LogP contribution in [0.15, 0.2) is 36.5 Å². The number of allylic oxidation sites excluding steroid dienone is 1. The van der Waals surface area contributed by atoms with E-state index in [2.05, 4.69) is 11.6 Å². The van der Waals surface area contributed by atoms with Gasteiger partial charge in [-0.3, -0.25) is 9.78 Å². The average molecular weight is 189 g/mol. The van der Waals surface area contributed by atoms with Gasteiger partial charge in [-0.2, -0.15) is 0 Å². The molecule has 1 rings (SSSR count). The number of nitrogens with zero attached hydrogens (tertiary/aromatic N) is 1. The molecule has 0 saturated carbocycles. The second-order valence-corrected chi connectivity index (χ2v) is 3.49. The third kappa shape index (κ3) is 3.99. The molecule has 0 fully saturated rings. The zero-order valence-electron chi connectivity index (χ0n) is 8.49. The van der Waals surface area contributed by atoms with Crippen molar-refractivity contribution in [3.8, 4) is 0 Å². The predicted molar refractivity (Wildman–Crippen MR) is 57.0 cm³/mol. The van der Waals surface area contributed by atoms with E-state index in [0.717, 1.165) is 17.7 Å². The van der Waals surface area contributed by atoms with E-state index in [1.165, 1.54) is 0 Å². The molecule has 0 bridgehead atoms. The van der Waals surface area contributed by atoms with E-state index in [-0.39, 0.29) is 5.78 Å². The van der Waals surface area contributed by atoms with Crippen LogP contribution in [0.5, 0.6) is 0 Å². The van der Waals surface area contributed by atoms with Crippen LogP contribution in [0.1, 0.15) is 25.5 Å². The summed E-state index contributed by atoms with van der Waals surface area (Å²) >= 11 is 0. The second kappa shape index (κ2) is 5.32. The van der Waals surface area contributed by atoms with Crippen molar-refractivity contribution in [3.63, 3.8) is 0 Å². The molecule has 0 radical (unpaired) electrons. The number of carbonyl (C=O) groups is 1. The topological polar surface area (TPSA) is 30.0 Å². The Bertz CT molecular complexity index is 316. The lowest BCUT2D eigenvalue weighted by molar-refractivity contribution is -0.118. The highest BCUT2D eigenvalue weighted by molar-refractivity contribution is 5.80. The number of hydrogen-bond donors (Lipinski definition) is 0. The van der Waals surface area contributed by atoms with Crippen LogP contribution in [0, 0.1) is 0 Å². The van der Waals surface area contributed by atoms with Crippen LogP contribution in [0.3, 0.4) is 0 Å². The Hall–Kier alpha value is -1.44. The molecule has 0 aliphatic heterocycles. The molecular weight excluding hydrogens is 174 g/mol. The fourth-order valence-corrected chi connectivity index (χ4v) is 1.15. The highest BCUT2D eigenvalue weighted by Crippen LogP contribution is 2.04. The maximum atomic E-state index is 11.4. The fraction of sp³-hybridized carbons (Fsp3) is 0.333. The number of carbonyl (C=O) groups excluding carboxylic acids is 1. The molecule has 0 aromatic carbocycles. The molecule has 1 aromatic rings. The van der Waals surface area contributed by atoms with E-state index in [1.807, 2.05) is 25.1 Å². The Labute approximate surface area is 84.7 Å². The highest BCUT2D eigenvalue weighted by atomic mass is 16.1. The van der Waals surface area contributed by atoms with Crippen molar-refractivity contribution in [2.24, 2.45) is 0 Å². The van der Waals surface area contributed by atoms with Gasteiger partial charge in [0.15, 0.2) is 0 Å². The van der Waals surface area contributed by atoms with Gasteiger partial charge in [0.05, 0.1) is 0 Å². The van der Waals surface area contributed by atoms with E-state index in [0.29, 0.717) is 12.8 Å². The van der Waals surface area contributed by atoms with E-state index < -0.39 is 0 Å². The monoisotopic (exact) mass is 189 g/mol. The first-order valence-corrected chi connectivity index (χ1v) is 4.74. The van der Waals surface area contributed by atoms with Crippen LogP contribution in [0.25, 0.3) is 0 Å². The number of Topliss-reactive ketones (excluding diaryl/α,β-unsaturated/α-hetero) is 1. The van der Waals surface area contributed by atoms with Crippen LogP contribution in [0.4, 0.5) is 0 Å². The number of aromatic nitrogens is 1. The van der Waals surface area contributed by atoms with Crippen molar-refractivity contribution >= 4 is 5.78 Å². The molecule has 0 aliphatic rings. The summed E-state index contributed by atoms with van der Waals surface area (Å²) in [5, 5.41) is 0. The van der Waals surface area contributed by atoms with Crippen molar-refractivity contribution in [1.82, 2.24) is 4.98 Å². The Morgan fingerprint density at radius 1 is 1.43 bits per heavy atom. The minimum Gasteiger partial charge on any atom is -0.299 e. The largest absolute Gasteiger partial charge is 0.299 e. The van der Waals surface area contributed by atoms with Crippen LogP contribution < -0.4 is 0 Å². The van der Waals surface area contributed by atoms with Crippen LogP contribution >= 0.6 is 0 Å². The molecule has 0 saturated heterocycles. The molecular formula is C12H15NO. The predicted octanol–water partition coefficient (Wildman–Crippen LogP) is 2.55. The summed E-state index contributed by atoms with van der Waals surface area (Å²) in [5.74, 6) is 0.228. The summed E-state index contributed by atoms with van der Waals surface area (Å²) < 4.78 is 0. The molecule has 14 heavy (non-hydrogen) atoms. The van der Waals surface area contributed by atoms with Crippen LogP contribution in [0.2, 0.25) is 0 Å². The fourth-order valence-electron chi connectivity index (χ4n) is 1.15. The third-order valence-corrected chi connectivity index (χ3v) is 1.94. The zero-order valence-corrected chi connectivity index (χ0v) is 8.49. The number of hydrogen-bond acceptors (Lipinski definition) is 2. The molecule has 2 nitrogen and oxygen atoms in total. The van der Waals surface area contributed by atoms with Gasteiger partial charge in [0.2, 0.25) is 0 Å². The summed E-state index contributed by atoms with van der Waals surface area (Å²) in [7, 11) is 0. The summed E-state index contributed by atoms with van der Waals surface area (Å²) in [6, 6.07) is 5.62. The minimum atomic E-state index is 0.228. The van der Waals surface area contributed by atoms with Crippen molar-refractivity contribution in [2.75, 3.05) is 0 Å². The summed E-state index contributed by atoms with van der Waals surface area (Å²) in [6.45, 7) is 5.70. The Morgan fingerprint density at radius 3 is 2.79 bits per heavy atom. The number of rotatable bonds is 5. The molecule has 0 aliphatic carbocycles.